The standard InChI is InChI=1S/C33H28F4N5OPS/c1-21-20-26(22(2)41(21)28-13-7-6-12-27(28)33(35,36)37)29-30-31(42(39-29)25-10-4-3-5-11-25)38-32(23-14-16-24(34)17-15-23)43-44(30,45)40-18-8-9-19-40/h3-7,10-17,20H,8-9,18-19H2,1-2H3. The number of para-hydroxylation sites is 2. The smallest absolute Gasteiger partial charge is 0.418 e. The molecule has 2 aliphatic rings. The van der Waals surface area contributed by atoms with Gasteiger partial charge in [-0.2, -0.15) is 23.3 Å². The maximum Gasteiger partial charge on any atom is 0.418 e. The molecule has 1 fully saturated rings. The molecule has 45 heavy (non-hydrogen) atoms. The maximum absolute atomic E-state index is 14.1. The van der Waals surface area contributed by atoms with Crippen LogP contribution < -0.4 is 5.30 Å². The van der Waals surface area contributed by atoms with Crippen LogP contribution in [-0.2, 0) is 22.5 Å². The zero-order valence-electron chi connectivity index (χ0n) is 24.4. The van der Waals surface area contributed by atoms with Crippen LogP contribution in [0.25, 0.3) is 22.6 Å². The van der Waals surface area contributed by atoms with Crippen molar-refractivity contribution >= 4 is 35.2 Å². The molecule has 5 aromatic rings. The Morgan fingerprint density at radius 3 is 2.24 bits per heavy atom. The summed E-state index contributed by atoms with van der Waals surface area (Å²) < 4.78 is 68.5. The number of aromatic nitrogens is 3. The Balaban J connectivity index is 1.51. The van der Waals surface area contributed by atoms with E-state index in [0.29, 0.717) is 39.3 Å². The van der Waals surface area contributed by atoms with Gasteiger partial charge in [0.05, 0.1) is 16.9 Å². The van der Waals surface area contributed by atoms with Gasteiger partial charge in [0, 0.05) is 35.6 Å². The summed E-state index contributed by atoms with van der Waals surface area (Å²) in [6.07, 6.45) is -5.69. The van der Waals surface area contributed by atoms with Gasteiger partial charge in [0.1, 0.15) is 16.8 Å². The van der Waals surface area contributed by atoms with E-state index in [-0.39, 0.29) is 17.4 Å². The topological polar surface area (TPSA) is 47.6 Å². The van der Waals surface area contributed by atoms with Crippen LogP contribution in [0.4, 0.5) is 23.4 Å². The van der Waals surface area contributed by atoms with E-state index in [2.05, 4.69) is 4.67 Å². The van der Waals surface area contributed by atoms with E-state index in [1.807, 2.05) is 36.4 Å². The molecule has 0 amide bonds. The largest absolute Gasteiger partial charge is 0.431 e. The first-order valence-corrected chi connectivity index (χ1v) is 17.2. The van der Waals surface area contributed by atoms with Gasteiger partial charge < -0.3 is 9.09 Å². The fourth-order valence-corrected chi connectivity index (χ4v) is 9.84. The first-order chi connectivity index (χ1) is 21.6. The minimum atomic E-state index is -4.54. The van der Waals surface area contributed by atoms with Crippen LogP contribution in [0.15, 0.2) is 89.9 Å². The molecule has 0 N–H and O–H groups in total. The first-order valence-electron chi connectivity index (χ1n) is 14.5. The lowest BCUT2D eigenvalue weighted by Gasteiger charge is -2.34. The van der Waals surface area contributed by atoms with Crippen LogP contribution in [-0.4, -0.2) is 38.0 Å². The van der Waals surface area contributed by atoms with Gasteiger partial charge in [0.15, 0.2) is 5.82 Å². The lowest BCUT2D eigenvalue weighted by Crippen LogP contribution is -2.30. The molecule has 1 unspecified atom stereocenters. The highest BCUT2D eigenvalue weighted by atomic mass is 32.4. The van der Waals surface area contributed by atoms with Gasteiger partial charge >= 0.3 is 6.18 Å². The molecule has 0 radical (unpaired) electrons. The highest BCUT2D eigenvalue weighted by Crippen LogP contribution is 2.59. The lowest BCUT2D eigenvalue weighted by molar-refractivity contribution is -0.137. The zero-order chi connectivity index (χ0) is 31.5. The van der Waals surface area contributed by atoms with Gasteiger partial charge in [-0.25, -0.2) is 13.7 Å². The molecule has 230 valence electrons. The number of alkyl halides is 3. The predicted molar refractivity (Wildman–Crippen MR) is 171 cm³/mol. The van der Waals surface area contributed by atoms with Crippen molar-refractivity contribution in [2.45, 2.75) is 32.9 Å². The van der Waals surface area contributed by atoms with E-state index in [1.165, 1.54) is 24.3 Å². The van der Waals surface area contributed by atoms with Crippen LogP contribution in [0.1, 0.15) is 35.4 Å². The Labute approximate surface area is 262 Å². The van der Waals surface area contributed by atoms with E-state index in [9.17, 15) is 17.6 Å². The van der Waals surface area contributed by atoms with Crippen molar-refractivity contribution in [3.05, 3.63) is 113 Å². The number of nitrogens with zero attached hydrogens (tertiary/aromatic N) is 5. The van der Waals surface area contributed by atoms with Crippen molar-refractivity contribution < 1.29 is 22.1 Å². The summed E-state index contributed by atoms with van der Waals surface area (Å²) in [5.41, 5.74) is 3.00. The number of aryl methyl sites for hydroxylation is 1. The van der Waals surface area contributed by atoms with E-state index in [1.54, 1.807) is 41.3 Å². The van der Waals surface area contributed by atoms with E-state index >= 15 is 0 Å². The summed E-state index contributed by atoms with van der Waals surface area (Å²) in [6.45, 7) is 5.02. The number of rotatable bonds is 5. The minimum Gasteiger partial charge on any atom is -0.431 e. The molecule has 0 bridgehead atoms. The highest BCUT2D eigenvalue weighted by Gasteiger charge is 2.44. The number of hydrogen-bond donors (Lipinski definition) is 0. The van der Waals surface area contributed by atoms with Crippen molar-refractivity contribution in [2.75, 3.05) is 13.1 Å². The number of hydrogen-bond acceptors (Lipinski definition) is 4. The second-order valence-electron chi connectivity index (χ2n) is 11.1. The molecule has 0 saturated carbocycles. The zero-order valence-corrected chi connectivity index (χ0v) is 26.1. The molecule has 2 aliphatic heterocycles. The van der Waals surface area contributed by atoms with Gasteiger partial charge in [-0.1, -0.05) is 30.3 Å². The van der Waals surface area contributed by atoms with E-state index in [0.717, 1.165) is 37.7 Å². The molecule has 1 atom stereocenters. The summed E-state index contributed by atoms with van der Waals surface area (Å²) in [5, 5.41) is 5.74. The fourth-order valence-electron chi connectivity index (χ4n) is 6.13. The van der Waals surface area contributed by atoms with E-state index in [4.69, 9.17) is 26.4 Å². The Morgan fingerprint density at radius 1 is 0.889 bits per heavy atom. The fraction of sp³-hybridized carbons (Fsp3) is 0.212. The average Bonchev–Trinajstić information content (AvgIpc) is 3.76. The Bertz CT molecular complexity index is 1990. The predicted octanol–water partition coefficient (Wildman–Crippen LogP) is 8.24. The minimum absolute atomic E-state index is 0.0365. The number of aliphatic imine (C=N–C) groups is 1. The van der Waals surface area contributed by atoms with Crippen molar-refractivity contribution in [3.63, 3.8) is 0 Å². The van der Waals surface area contributed by atoms with Crippen molar-refractivity contribution in [3.8, 4) is 22.6 Å². The Morgan fingerprint density at radius 2 is 1.56 bits per heavy atom. The quantitative estimate of drug-likeness (QED) is 0.142. The number of halogens is 4. The van der Waals surface area contributed by atoms with Crippen molar-refractivity contribution in [1.82, 2.24) is 19.0 Å². The second kappa shape index (κ2) is 11.1. The molecule has 0 aliphatic carbocycles. The van der Waals surface area contributed by atoms with Crippen LogP contribution in [0, 0.1) is 19.7 Å². The molecular formula is C33H28F4N5OPS. The molecule has 1 saturated heterocycles. The normalized spacial score (nSPS) is 18.5. The van der Waals surface area contributed by atoms with Gasteiger partial charge in [-0.3, -0.25) is 0 Å². The summed E-state index contributed by atoms with van der Waals surface area (Å²) in [5.74, 6) is 0.400. The highest BCUT2D eigenvalue weighted by molar-refractivity contribution is 8.15. The monoisotopic (exact) mass is 649 g/mol. The van der Waals surface area contributed by atoms with E-state index < -0.39 is 18.2 Å². The molecule has 2 aromatic heterocycles. The van der Waals surface area contributed by atoms with Gasteiger partial charge in [0.25, 0.3) is 0 Å². The third-order valence-corrected chi connectivity index (χ3v) is 12.2. The van der Waals surface area contributed by atoms with Gasteiger partial charge in [-0.15, -0.1) is 0 Å². The van der Waals surface area contributed by atoms with Crippen LogP contribution >= 0.6 is 6.42 Å². The first kappa shape index (κ1) is 29.6. The molecule has 12 heteroatoms. The second-order valence-corrected chi connectivity index (χ2v) is 14.8. The maximum atomic E-state index is 14.1. The molecule has 3 aromatic carbocycles. The van der Waals surface area contributed by atoms with Crippen LogP contribution in [0.2, 0.25) is 0 Å². The SMILES string of the molecule is Cc1cc(-c2nn(-c3ccccc3)c3c2P(=S)(N2CCCC2)OC(c2ccc(F)cc2)=N3)c(C)n1-c1ccccc1C(F)(F)F. The Kier molecular flexibility index (Phi) is 7.30. The van der Waals surface area contributed by atoms with Gasteiger partial charge in [-0.05, 0) is 93.1 Å². The van der Waals surface area contributed by atoms with Crippen molar-refractivity contribution in [2.24, 2.45) is 4.99 Å². The lowest BCUT2D eigenvalue weighted by atomic mass is 10.1. The molecule has 6 nitrogen and oxygen atoms in total. The molecule has 4 heterocycles. The molecule has 7 rings (SSSR count). The van der Waals surface area contributed by atoms with Crippen LogP contribution in [0.5, 0.6) is 0 Å². The average molecular weight is 650 g/mol. The summed E-state index contributed by atoms with van der Waals surface area (Å²) in [7, 11) is 0. The summed E-state index contributed by atoms with van der Waals surface area (Å²) >= 11 is 6.52. The van der Waals surface area contributed by atoms with Gasteiger partial charge in [0.2, 0.25) is 12.3 Å². The molecular weight excluding hydrogens is 621 g/mol. The third kappa shape index (κ3) is 5.03. The summed E-state index contributed by atoms with van der Waals surface area (Å²) in [6, 6.07) is 22.8. The number of benzene rings is 3. The molecule has 0 spiro atoms. The van der Waals surface area contributed by atoms with Crippen molar-refractivity contribution in [1.29, 1.82) is 0 Å². The number of fused-ring (bicyclic) bond motifs is 1. The van der Waals surface area contributed by atoms with Crippen LogP contribution in [0.3, 0.4) is 0 Å². The summed E-state index contributed by atoms with van der Waals surface area (Å²) in [4.78, 5) is 4.95. The Hall–Kier alpha value is -4.05. The third-order valence-electron chi connectivity index (χ3n) is 8.22.